The molecule has 2 aromatic heterocycles. The molecule has 1 amide bonds. The van der Waals surface area contributed by atoms with Gasteiger partial charge in [0.25, 0.3) is 16.7 Å². The maximum atomic E-state index is 13.0. The summed E-state index contributed by atoms with van der Waals surface area (Å²) in [6.07, 6.45) is -3.49. The van der Waals surface area contributed by atoms with Crippen LogP contribution in [-0.4, -0.2) is 69.1 Å². The molecule has 0 bridgehead atoms. The molecular formula is C38H41Cl2F4N7O7S2. The summed E-state index contributed by atoms with van der Waals surface area (Å²) in [6, 6.07) is 16.8. The van der Waals surface area contributed by atoms with Crippen LogP contribution in [0.2, 0.25) is 10.0 Å². The third-order valence-electron chi connectivity index (χ3n) is 7.41. The summed E-state index contributed by atoms with van der Waals surface area (Å²) < 4.78 is 72.0. The Morgan fingerprint density at radius 1 is 0.933 bits per heavy atom. The number of carbonyl (C=O) groups excluding carboxylic acids is 2. The van der Waals surface area contributed by atoms with E-state index in [2.05, 4.69) is 25.1 Å². The molecule has 324 valence electrons. The molecule has 0 radical (unpaired) electrons. The molecule has 0 spiro atoms. The van der Waals surface area contributed by atoms with Crippen LogP contribution in [0, 0.1) is 5.82 Å². The number of rotatable bonds is 11. The lowest BCUT2D eigenvalue weighted by Crippen LogP contribution is -2.40. The first-order chi connectivity index (χ1) is 28.0. The number of ether oxygens (including phenoxy) is 4. The highest BCUT2D eigenvalue weighted by Gasteiger charge is 2.36. The number of carbonyl (C=O) groups is 2. The quantitative estimate of drug-likeness (QED) is 0.0578. The predicted octanol–water partition coefficient (Wildman–Crippen LogP) is 8.61. The normalized spacial score (nSPS) is 11.7. The van der Waals surface area contributed by atoms with E-state index in [0.717, 1.165) is 4.68 Å². The summed E-state index contributed by atoms with van der Waals surface area (Å²) in [5.74, 6) is 5.81. The van der Waals surface area contributed by atoms with Gasteiger partial charge in [-0.15, -0.1) is 15.3 Å². The number of esters is 1. The number of nitrogen functional groups attached to an aromatic ring is 1. The largest absolute Gasteiger partial charge is 0.479 e. The van der Waals surface area contributed by atoms with Crippen LogP contribution in [0.4, 0.5) is 23.2 Å². The standard InChI is InChI=1S/C16H14Cl2O4.C14H13F4N3O2S.C8H14N4OS/c1-10(16(19)20-2)21-12-4-6-13(7-5-12)22-15-8-3-11(17)9-14(15)18;1-8(2)21(10-5-3-9(15)4-6-10)11(22)7-23-13-20-19-12(24-13)14(16,17)18;1-8(2,3)5-6(13)12(9)7(14-4)11-10-5/h3-10H,1-2H3;3-6,8H,7H2,1-2H3;9H2,1-4H3/t10-;;/m0../s1. The first kappa shape index (κ1) is 49.2. The van der Waals surface area contributed by atoms with Crippen LogP contribution in [0.5, 0.6) is 22.4 Å². The van der Waals surface area contributed by atoms with Crippen molar-refractivity contribution < 1.29 is 46.1 Å². The van der Waals surface area contributed by atoms with E-state index in [4.69, 9.17) is 43.3 Å². The van der Waals surface area contributed by atoms with Crippen LogP contribution in [0.1, 0.15) is 52.2 Å². The van der Waals surface area contributed by atoms with E-state index in [1.165, 1.54) is 48.0 Å². The molecule has 0 aliphatic carbocycles. The lowest BCUT2D eigenvalue weighted by molar-refractivity contribution is -0.148. The molecule has 0 saturated heterocycles. The van der Waals surface area contributed by atoms with Crippen LogP contribution in [-0.2, 0) is 25.9 Å². The van der Waals surface area contributed by atoms with Gasteiger partial charge in [0.1, 0.15) is 28.8 Å². The lowest BCUT2D eigenvalue weighted by Gasteiger charge is -2.26. The second-order valence-electron chi connectivity index (χ2n) is 13.4. The fraction of sp³-hybridized carbons (Fsp3) is 0.342. The average molecular weight is 919 g/mol. The van der Waals surface area contributed by atoms with E-state index >= 15 is 0 Å². The third-order valence-corrected chi connectivity index (χ3v) is 9.46. The van der Waals surface area contributed by atoms with Crippen molar-refractivity contribution in [3.05, 3.63) is 104 Å². The summed E-state index contributed by atoms with van der Waals surface area (Å²) in [5, 5.41) is 13.9. The maximum Gasteiger partial charge on any atom is 0.445 e. The Balaban J connectivity index is 0.000000249. The van der Waals surface area contributed by atoms with E-state index in [-0.39, 0.29) is 33.5 Å². The minimum absolute atomic E-state index is 0.210. The molecule has 0 aliphatic rings. The fourth-order valence-corrected chi connectivity index (χ4v) is 6.00. The summed E-state index contributed by atoms with van der Waals surface area (Å²) in [6.45, 7) is 10.3. The Morgan fingerprint density at radius 3 is 2.07 bits per heavy atom. The number of hydrogen-bond donors (Lipinski definition) is 1. The second-order valence-corrected chi connectivity index (χ2v) is 15.9. The van der Waals surface area contributed by atoms with E-state index in [9.17, 15) is 31.9 Å². The first-order valence-electron chi connectivity index (χ1n) is 17.4. The van der Waals surface area contributed by atoms with Crippen LogP contribution in [0.25, 0.3) is 0 Å². The van der Waals surface area contributed by atoms with Crippen molar-refractivity contribution in [2.24, 2.45) is 0 Å². The third kappa shape index (κ3) is 14.5. The number of anilines is 1. The van der Waals surface area contributed by atoms with E-state index in [0.29, 0.717) is 43.8 Å². The van der Waals surface area contributed by atoms with E-state index in [1.807, 2.05) is 20.8 Å². The fourth-order valence-electron chi connectivity index (χ4n) is 4.59. The highest BCUT2D eigenvalue weighted by molar-refractivity contribution is 7.98. The SMILES string of the molecule is CC(C)N(C(=O)COc1nnc(C(F)(F)F)s1)c1ccc(F)cc1.COC(=O)[C@H](C)Oc1ccc(Oc2ccc(Cl)cc2Cl)cc1.CSc1nnc(C(C)(C)C)c(=O)n1N. The number of alkyl halides is 3. The number of nitrogens with zero attached hydrogens (tertiary/aromatic N) is 6. The molecule has 2 heterocycles. The van der Waals surface area contributed by atoms with E-state index in [1.54, 1.807) is 69.5 Å². The van der Waals surface area contributed by atoms with Crippen molar-refractivity contribution in [2.75, 3.05) is 30.7 Å². The Morgan fingerprint density at radius 2 is 1.55 bits per heavy atom. The van der Waals surface area contributed by atoms with Crippen molar-refractivity contribution in [3.8, 4) is 22.4 Å². The highest BCUT2D eigenvalue weighted by Crippen LogP contribution is 2.34. The lowest BCUT2D eigenvalue weighted by atomic mass is 9.93. The van der Waals surface area contributed by atoms with Crippen LogP contribution in [0.15, 0.2) is 76.7 Å². The van der Waals surface area contributed by atoms with Crippen molar-refractivity contribution in [2.45, 2.75) is 70.4 Å². The molecule has 0 aliphatic heterocycles. The van der Waals surface area contributed by atoms with Gasteiger partial charge in [-0.25, -0.2) is 9.18 Å². The molecule has 0 unspecified atom stereocenters. The van der Waals surface area contributed by atoms with Gasteiger partial charge in [-0.05, 0) is 93.8 Å². The van der Waals surface area contributed by atoms with Gasteiger partial charge in [0.15, 0.2) is 12.7 Å². The van der Waals surface area contributed by atoms with Gasteiger partial charge in [0.05, 0.1) is 12.1 Å². The van der Waals surface area contributed by atoms with Crippen LogP contribution in [0.3, 0.4) is 0 Å². The molecule has 3 aromatic carbocycles. The zero-order valence-electron chi connectivity index (χ0n) is 33.4. The topological polar surface area (TPSA) is 174 Å². The Kier molecular flexibility index (Phi) is 17.9. The molecule has 2 N–H and O–H groups in total. The van der Waals surface area contributed by atoms with Crippen molar-refractivity contribution in [1.29, 1.82) is 0 Å². The maximum absolute atomic E-state index is 13.0. The van der Waals surface area contributed by atoms with Crippen molar-refractivity contribution >= 4 is 63.9 Å². The molecule has 5 aromatic rings. The van der Waals surface area contributed by atoms with Crippen molar-refractivity contribution in [1.82, 2.24) is 25.1 Å². The van der Waals surface area contributed by atoms with E-state index < -0.39 is 41.6 Å². The predicted molar refractivity (Wildman–Crippen MR) is 221 cm³/mol. The monoisotopic (exact) mass is 917 g/mol. The van der Waals surface area contributed by atoms with Crippen molar-refractivity contribution in [3.63, 3.8) is 0 Å². The number of halogens is 6. The summed E-state index contributed by atoms with van der Waals surface area (Å²) in [5.41, 5.74) is 0.227. The minimum atomic E-state index is -4.61. The smallest absolute Gasteiger partial charge is 0.445 e. The number of methoxy groups -OCH3 is 1. The number of amides is 1. The number of benzene rings is 3. The minimum Gasteiger partial charge on any atom is -0.479 e. The van der Waals surface area contributed by atoms with Gasteiger partial charge < -0.3 is 29.7 Å². The van der Waals surface area contributed by atoms with Gasteiger partial charge >= 0.3 is 12.1 Å². The number of nitrogens with two attached hydrogens (primary N) is 1. The Hall–Kier alpha value is -5.18. The number of hydrogen-bond acceptors (Lipinski definition) is 14. The average Bonchev–Trinajstić information content (AvgIpc) is 3.68. The summed E-state index contributed by atoms with van der Waals surface area (Å²) >= 11 is 13.4. The zero-order valence-corrected chi connectivity index (χ0v) is 36.6. The Labute approximate surface area is 360 Å². The molecule has 1 atom stereocenters. The molecule has 22 heteroatoms. The summed E-state index contributed by atoms with van der Waals surface area (Å²) in [4.78, 5) is 36.6. The molecule has 0 saturated carbocycles. The van der Waals surface area contributed by atoms with Gasteiger partial charge in [-0.2, -0.15) is 17.8 Å². The van der Waals surface area contributed by atoms with Gasteiger partial charge in [0, 0.05) is 22.2 Å². The molecular weight excluding hydrogens is 877 g/mol. The molecule has 5 rings (SSSR count). The van der Waals surface area contributed by atoms with Crippen LogP contribution < -0.4 is 30.5 Å². The zero-order chi connectivity index (χ0) is 44.9. The summed E-state index contributed by atoms with van der Waals surface area (Å²) in [7, 11) is 1.31. The van der Waals surface area contributed by atoms with Crippen LogP contribution >= 0.6 is 46.3 Å². The number of aromatic nitrogens is 5. The molecule has 14 nitrogen and oxygen atoms in total. The second kappa shape index (κ2) is 21.9. The number of thioether (sulfide) groups is 1. The highest BCUT2D eigenvalue weighted by atomic mass is 35.5. The first-order valence-corrected chi connectivity index (χ1v) is 20.2. The Bertz CT molecular complexity index is 2260. The molecule has 0 fully saturated rings. The van der Waals surface area contributed by atoms with Gasteiger partial charge in [-0.1, -0.05) is 72.2 Å². The van der Waals surface area contributed by atoms with Gasteiger partial charge in [0.2, 0.25) is 10.2 Å². The van der Waals surface area contributed by atoms with Gasteiger partial charge in [-0.3, -0.25) is 9.59 Å². The molecule has 60 heavy (non-hydrogen) atoms.